The summed E-state index contributed by atoms with van der Waals surface area (Å²) in [6, 6.07) is 8.34. The van der Waals surface area contributed by atoms with Crippen molar-refractivity contribution in [2.75, 3.05) is 5.73 Å². The first-order chi connectivity index (χ1) is 8.06. The van der Waals surface area contributed by atoms with Gasteiger partial charge < -0.3 is 10.5 Å². The second-order valence-corrected chi connectivity index (χ2v) is 3.70. The first-order valence-corrected chi connectivity index (χ1v) is 5.05. The van der Waals surface area contributed by atoms with Gasteiger partial charge in [0.25, 0.3) is 0 Å². The van der Waals surface area contributed by atoms with Gasteiger partial charge in [-0.15, -0.1) is 0 Å². The summed E-state index contributed by atoms with van der Waals surface area (Å²) in [5, 5.41) is 0. The maximum Gasteiger partial charge on any atom is 0.150 e. The van der Waals surface area contributed by atoms with Crippen LogP contribution in [0.15, 0.2) is 36.4 Å². The molecule has 0 bridgehead atoms. The number of rotatable bonds is 2. The van der Waals surface area contributed by atoms with Gasteiger partial charge in [-0.05, 0) is 30.7 Å². The Morgan fingerprint density at radius 1 is 1.12 bits per heavy atom. The highest BCUT2D eigenvalue weighted by Crippen LogP contribution is 2.29. The zero-order valence-electron chi connectivity index (χ0n) is 9.21. The van der Waals surface area contributed by atoms with E-state index in [0.717, 1.165) is 0 Å². The first kappa shape index (κ1) is 11.4. The zero-order valence-corrected chi connectivity index (χ0v) is 9.21. The highest BCUT2D eigenvalue weighted by molar-refractivity contribution is 5.55. The van der Waals surface area contributed by atoms with E-state index < -0.39 is 11.6 Å². The van der Waals surface area contributed by atoms with E-state index in [2.05, 4.69) is 0 Å². The van der Waals surface area contributed by atoms with Crippen molar-refractivity contribution in [2.24, 2.45) is 0 Å². The summed E-state index contributed by atoms with van der Waals surface area (Å²) >= 11 is 0. The van der Waals surface area contributed by atoms with Crippen molar-refractivity contribution < 1.29 is 13.5 Å². The molecule has 0 unspecified atom stereocenters. The van der Waals surface area contributed by atoms with Crippen LogP contribution in [0.25, 0.3) is 0 Å². The zero-order chi connectivity index (χ0) is 12.4. The molecule has 0 saturated carbocycles. The van der Waals surface area contributed by atoms with Crippen molar-refractivity contribution >= 4 is 5.69 Å². The van der Waals surface area contributed by atoms with E-state index in [0.29, 0.717) is 17.1 Å². The quantitative estimate of drug-likeness (QED) is 0.806. The number of halogens is 2. The maximum absolute atomic E-state index is 13.2. The van der Waals surface area contributed by atoms with Crippen molar-refractivity contribution in [1.82, 2.24) is 0 Å². The van der Waals surface area contributed by atoms with Crippen LogP contribution >= 0.6 is 0 Å². The Hall–Kier alpha value is -2.10. The molecule has 2 aromatic rings. The van der Waals surface area contributed by atoms with Crippen LogP contribution in [0, 0.1) is 18.6 Å². The Morgan fingerprint density at radius 3 is 2.59 bits per heavy atom. The molecule has 4 heteroatoms. The molecule has 0 saturated heterocycles. The lowest BCUT2D eigenvalue weighted by molar-refractivity contribution is 0.476. The van der Waals surface area contributed by atoms with Crippen LogP contribution < -0.4 is 10.5 Å². The third-order valence-corrected chi connectivity index (χ3v) is 2.31. The molecule has 0 aliphatic rings. The van der Waals surface area contributed by atoms with Crippen LogP contribution in [0.2, 0.25) is 0 Å². The molecule has 2 rings (SSSR count). The van der Waals surface area contributed by atoms with Crippen molar-refractivity contribution in [3.8, 4) is 11.5 Å². The highest BCUT2D eigenvalue weighted by Gasteiger charge is 2.07. The SMILES string of the molecule is Cc1cc(Oc2cccc(F)c2)c(N)cc1F. The fourth-order valence-corrected chi connectivity index (χ4v) is 1.42. The molecule has 2 aromatic carbocycles. The van der Waals surface area contributed by atoms with Gasteiger partial charge in [0, 0.05) is 12.1 Å². The van der Waals surface area contributed by atoms with Crippen molar-refractivity contribution in [3.05, 3.63) is 53.6 Å². The predicted octanol–water partition coefficient (Wildman–Crippen LogP) is 3.65. The molecule has 0 spiro atoms. The van der Waals surface area contributed by atoms with E-state index in [-0.39, 0.29) is 5.69 Å². The average molecular weight is 235 g/mol. The van der Waals surface area contributed by atoms with Gasteiger partial charge >= 0.3 is 0 Å². The van der Waals surface area contributed by atoms with Crippen LogP contribution in [0.3, 0.4) is 0 Å². The number of nitrogens with two attached hydrogens (primary N) is 1. The molecule has 2 N–H and O–H groups in total. The molecule has 0 fully saturated rings. The lowest BCUT2D eigenvalue weighted by Crippen LogP contribution is -1.95. The number of benzene rings is 2. The minimum Gasteiger partial charge on any atom is -0.455 e. The standard InChI is InChI=1S/C13H11F2NO/c1-8-5-13(12(16)7-11(8)15)17-10-4-2-3-9(14)6-10/h2-7H,16H2,1H3. The topological polar surface area (TPSA) is 35.2 Å². The lowest BCUT2D eigenvalue weighted by atomic mass is 10.2. The third kappa shape index (κ3) is 2.53. The van der Waals surface area contributed by atoms with Gasteiger partial charge in [-0.2, -0.15) is 0 Å². The Kier molecular flexibility index (Phi) is 2.95. The summed E-state index contributed by atoms with van der Waals surface area (Å²) in [6.07, 6.45) is 0. The number of ether oxygens (including phenoxy) is 1. The fraction of sp³-hybridized carbons (Fsp3) is 0.0769. The number of anilines is 1. The Morgan fingerprint density at radius 2 is 1.88 bits per heavy atom. The molecule has 0 radical (unpaired) electrons. The minimum absolute atomic E-state index is 0.178. The van der Waals surface area contributed by atoms with Crippen LogP contribution in [0.4, 0.5) is 14.5 Å². The van der Waals surface area contributed by atoms with Gasteiger partial charge in [-0.3, -0.25) is 0 Å². The van der Waals surface area contributed by atoms with Gasteiger partial charge in [0.15, 0.2) is 5.75 Å². The smallest absolute Gasteiger partial charge is 0.150 e. The van der Waals surface area contributed by atoms with Crippen LogP contribution in [0.1, 0.15) is 5.56 Å². The summed E-state index contributed by atoms with van der Waals surface area (Å²) in [5.74, 6) is -0.161. The normalized spacial score (nSPS) is 10.3. The van der Waals surface area contributed by atoms with E-state index in [1.54, 1.807) is 13.0 Å². The number of nitrogen functional groups attached to an aromatic ring is 1. The Bertz CT molecular complexity index is 555. The van der Waals surface area contributed by atoms with E-state index in [4.69, 9.17) is 10.5 Å². The molecule has 0 heterocycles. The summed E-state index contributed by atoms with van der Waals surface area (Å²) in [7, 11) is 0. The summed E-state index contributed by atoms with van der Waals surface area (Å²) < 4.78 is 31.5. The summed E-state index contributed by atoms with van der Waals surface area (Å²) in [6.45, 7) is 1.60. The number of aryl methyl sites for hydroxylation is 1. The van der Waals surface area contributed by atoms with Gasteiger partial charge in [0.1, 0.15) is 17.4 Å². The number of hydrogen-bond acceptors (Lipinski definition) is 2. The molecule has 0 atom stereocenters. The van der Waals surface area contributed by atoms with Gasteiger partial charge in [-0.1, -0.05) is 6.07 Å². The van der Waals surface area contributed by atoms with Crippen LogP contribution in [0.5, 0.6) is 11.5 Å². The molecular formula is C13H11F2NO. The summed E-state index contributed by atoms with van der Waals surface area (Å²) in [4.78, 5) is 0. The average Bonchev–Trinajstić information content (AvgIpc) is 2.26. The van der Waals surface area contributed by atoms with E-state index in [9.17, 15) is 8.78 Å². The molecule has 17 heavy (non-hydrogen) atoms. The monoisotopic (exact) mass is 235 g/mol. The second-order valence-electron chi connectivity index (χ2n) is 3.70. The third-order valence-electron chi connectivity index (χ3n) is 2.31. The number of hydrogen-bond donors (Lipinski definition) is 1. The minimum atomic E-state index is -0.403. The van der Waals surface area contributed by atoms with Gasteiger partial charge in [0.05, 0.1) is 5.69 Å². The predicted molar refractivity (Wildman–Crippen MR) is 62.0 cm³/mol. The largest absolute Gasteiger partial charge is 0.455 e. The molecule has 0 aromatic heterocycles. The van der Waals surface area contributed by atoms with Crippen molar-refractivity contribution in [3.63, 3.8) is 0 Å². The van der Waals surface area contributed by atoms with Crippen molar-refractivity contribution in [1.29, 1.82) is 0 Å². The van der Waals surface area contributed by atoms with Crippen LogP contribution in [-0.4, -0.2) is 0 Å². The van der Waals surface area contributed by atoms with Gasteiger partial charge in [0.2, 0.25) is 0 Å². The molecule has 0 aliphatic heterocycles. The van der Waals surface area contributed by atoms with E-state index in [1.807, 2.05) is 0 Å². The molecule has 88 valence electrons. The van der Waals surface area contributed by atoms with E-state index >= 15 is 0 Å². The Balaban J connectivity index is 2.33. The summed E-state index contributed by atoms with van der Waals surface area (Å²) in [5.41, 5.74) is 6.22. The lowest BCUT2D eigenvalue weighted by Gasteiger charge is -2.09. The first-order valence-electron chi connectivity index (χ1n) is 5.05. The molecule has 0 amide bonds. The molecular weight excluding hydrogens is 224 g/mol. The second kappa shape index (κ2) is 4.41. The maximum atomic E-state index is 13.2. The van der Waals surface area contributed by atoms with Crippen LogP contribution in [-0.2, 0) is 0 Å². The Labute approximate surface area is 97.6 Å². The molecule has 0 aliphatic carbocycles. The highest BCUT2D eigenvalue weighted by atomic mass is 19.1. The van der Waals surface area contributed by atoms with Gasteiger partial charge in [-0.25, -0.2) is 8.78 Å². The van der Waals surface area contributed by atoms with E-state index in [1.165, 1.54) is 30.3 Å². The van der Waals surface area contributed by atoms with Crippen molar-refractivity contribution in [2.45, 2.75) is 6.92 Å². The fourth-order valence-electron chi connectivity index (χ4n) is 1.42. The molecule has 2 nitrogen and oxygen atoms in total.